The maximum Gasteiger partial charge on any atom is 0.282 e. The zero-order chi connectivity index (χ0) is 18.9. The van der Waals surface area contributed by atoms with Crippen molar-refractivity contribution in [3.63, 3.8) is 0 Å². The smallest absolute Gasteiger partial charge is 0.282 e. The lowest BCUT2D eigenvalue weighted by molar-refractivity contribution is -0.384. The normalized spacial score (nSPS) is 26.0. The summed E-state index contributed by atoms with van der Waals surface area (Å²) in [4.78, 5) is 12.4. The number of piperazine rings is 1. The molecule has 9 heteroatoms. The van der Waals surface area contributed by atoms with Gasteiger partial charge in [0.1, 0.15) is 0 Å². The van der Waals surface area contributed by atoms with Gasteiger partial charge >= 0.3 is 0 Å². The van der Waals surface area contributed by atoms with Crippen LogP contribution in [0.3, 0.4) is 0 Å². The second-order valence-electron chi connectivity index (χ2n) is 7.43. The predicted octanol–water partition coefficient (Wildman–Crippen LogP) is 1.94. The number of nitro benzene ring substituents is 1. The van der Waals surface area contributed by atoms with E-state index in [2.05, 4.69) is 18.7 Å². The second kappa shape index (κ2) is 7.50. The molecule has 1 aromatic rings. The van der Waals surface area contributed by atoms with Crippen molar-refractivity contribution in [2.45, 2.75) is 20.3 Å². The number of nitrogens with zero attached hydrogens (tertiary/aromatic N) is 4. The first kappa shape index (κ1) is 19.1. The molecular weight excluding hydrogens is 356 g/mol. The first-order chi connectivity index (χ1) is 12.3. The highest BCUT2D eigenvalue weighted by Gasteiger charge is 2.36. The maximum absolute atomic E-state index is 13.0. The molecule has 2 fully saturated rings. The van der Waals surface area contributed by atoms with Gasteiger partial charge in [-0.15, -0.1) is 0 Å². The molecule has 2 atom stereocenters. The van der Waals surface area contributed by atoms with E-state index < -0.39 is 15.1 Å². The molecular formula is C17H26N4O4S. The van der Waals surface area contributed by atoms with Gasteiger partial charge in [0.15, 0.2) is 0 Å². The van der Waals surface area contributed by atoms with Crippen molar-refractivity contribution in [1.29, 1.82) is 0 Å². The van der Waals surface area contributed by atoms with Gasteiger partial charge in [0.2, 0.25) is 0 Å². The Kier molecular flexibility index (Phi) is 5.50. The Bertz CT molecular complexity index is 735. The first-order valence-electron chi connectivity index (χ1n) is 9.02. The minimum absolute atomic E-state index is 0.0586. The number of rotatable bonds is 4. The summed E-state index contributed by atoms with van der Waals surface area (Å²) >= 11 is 0. The van der Waals surface area contributed by atoms with Crippen LogP contribution >= 0.6 is 0 Å². The molecule has 2 heterocycles. The molecule has 2 saturated heterocycles. The summed E-state index contributed by atoms with van der Waals surface area (Å²) in [6.45, 7) is 7.41. The predicted molar refractivity (Wildman–Crippen MR) is 100 cm³/mol. The van der Waals surface area contributed by atoms with E-state index in [-0.39, 0.29) is 5.69 Å². The molecule has 26 heavy (non-hydrogen) atoms. The summed E-state index contributed by atoms with van der Waals surface area (Å²) in [7, 11) is -3.42. The lowest BCUT2D eigenvalue weighted by Crippen LogP contribution is -2.55. The quantitative estimate of drug-likeness (QED) is 0.587. The van der Waals surface area contributed by atoms with Crippen molar-refractivity contribution in [2.24, 2.45) is 11.8 Å². The van der Waals surface area contributed by atoms with Gasteiger partial charge in [0, 0.05) is 57.1 Å². The van der Waals surface area contributed by atoms with E-state index in [9.17, 15) is 18.5 Å². The Labute approximate surface area is 154 Å². The zero-order valence-electron chi connectivity index (χ0n) is 15.2. The van der Waals surface area contributed by atoms with Crippen LogP contribution in [0.5, 0.6) is 0 Å². The summed E-state index contributed by atoms with van der Waals surface area (Å²) < 4.78 is 29.1. The molecule has 8 nitrogen and oxygen atoms in total. The molecule has 144 valence electrons. The summed E-state index contributed by atoms with van der Waals surface area (Å²) in [5, 5.41) is 10.8. The lowest BCUT2D eigenvalue weighted by Gasteiger charge is -2.40. The molecule has 0 unspecified atom stereocenters. The van der Waals surface area contributed by atoms with E-state index >= 15 is 0 Å². The maximum atomic E-state index is 13.0. The van der Waals surface area contributed by atoms with Gasteiger partial charge in [-0.05, 0) is 30.4 Å². The van der Waals surface area contributed by atoms with Gasteiger partial charge in [-0.25, -0.2) is 0 Å². The van der Waals surface area contributed by atoms with Crippen LogP contribution in [0.25, 0.3) is 0 Å². The standard InChI is InChI=1S/C17H26N4O4S/c1-14-11-15(2)13-20(12-14)26(24,25)19-9-7-18(8-10-19)16-3-5-17(6-4-16)21(22)23/h3-6,14-15H,7-13H2,1-2H3/t14-,15-/m0/s1. The van der Waals surface area contributed by atoms with Crippen molar-refractivity contribution >= 4 is 21.6 Å². The SMILES string of the molecule is C[C@H]1C[C@H](C)CN(S(=O)(=O)N2CCN(c3ccc([N+](=O)[O-])cc3)CC2)C1. The third-order valence-corrected chi connectivity index (χ3v) is 7.12. The molecule has 0 saturated carbocycles. The number of anilines is 1. The highest BCUT2D eigenvalue weighted by atomic mass is 32.2. The number of piperidine rings is 1. The van der Waals surface area contributed by atoms with Crippen molar-refractivity contribution in [3.8, 4) is 0 Å². The zero-order valence-corrected chi connectivity index (χ0v) is 16.1. The van der Waals surface area contributed by atoms with Crippen LogP contribution in [0.4, 0.5) is 11.4 Å². The van der Waals surface area contributed by atoms with E-state index in [1.807, 2.05) is 0 Å². The molecule has 0 N–H and O–H groups in total. The fourth-order valence-electron chi connectivity index (χ4n) is 3.92. The number of benzene rings is 1. The van der Waals surface area contributed by atoms with Crippen LogP contribution in [0.1, 0.15) is 20.3 Å². The molecule has 3 rings (SSSR count). The van der Waals surface area contributed by atoms with Gasteiger partial charge in [0.25, 0.3) is 15.9 Å². The van der Waals surface area contributed by atoms with Crippen molar-refractivity contribution in [1.82, 2.24) is 8.61 Å². The minimum Gasteiger partial charge on any atom is -0.369 e. The highest BCUT2D eigenvalue weighted by Crippen LogP contribution is 2.26. The summed E-state index contributed by atoms with van der Waals surface area (Å²) in [5.74, 6) is 0.768. The molecule has 2 aliphatic heterocycles. The molecule has 0 aliphatic carbocycles. The van der Waals surface area contributed by atoms with E-state index in [0.29, 0.717) is 51.1 Å². The first-order valence-corrected chi connectivity index (χ1v) is 10.4. The number of nitro groups is 1. The van der Waals surface area contributed by atoms with Crippen molar-refractivity contribution in [3.05, 3.63) is 34.4 Å². The van der Waals surface area contributed by atoms with Crippen LogP contribution < -0.4 is 4.90 Å². The van der Waals surface area contributed by atoms with Gasteiger partial charge in [-0.2, -0.15) is 17.0 Å². The summed E-state index contributed by atoms with van der Waals surface area (Å²) in [5.41, 5.74) is 0.941. The Hall–Kier alpha value is -1.71. The number of non-ortho nitro benzene ring substituents is 1. The third-order valence-electron chi connectivity index (χ3n) is 5.15. The largest absolute Gasteiger partial charge is 0.369 e. The fraction of sp³-hybridized carbons (Fsp3) is 0.647. The monoisotopic (exact) mass is 382 g/mol. The summed E-state index contributed by atoms with van der Waals surface area (Å²) in [6.07, 6.45) is 1.07. The fourth-order valence-corrected chi connectivity index (χ4v) is 5.76. The highest BCUT2D eigenvalue weighted by molar-refractivity contribution is 7.86. The second-order valence-corrected chi connectivity index (χ2v) is 9.36. The number of hydrogen-bond acceptors (Lipinski definition) is 5. The van der Waals surface area contributed by atoms with E-state index in [0.717, 1.165) is 12.1 Å². The van der Waals surface area contributed by atoms with E-state index in [1.165, 1.54) is 12.1 Å². The van der Waals surface area contributed by atoms with Crippen LogP contribution in [-0.2, 0) is 10.2 Å². The average Bonchev–Trinajstić information content (AvgIpc) is 2.61. The van der Waals surface area contributed by atoms with Gasteiger partial charge < -0.3 is 4.90 Å². The minimum atomic E-state index is -3.42. The van der Waals surface area contributed by atoms with Crippen LogP contribution in [0.15, 0.2) is 24.3 Å². The van der Waals surface area contributed by atoms with Gasteiger partial charge in [-0.1, -0.05) is 13.8 Å². The van der Waals surface area contributed by atoms with Crippen molar-refractivity contribution < 1.29 is 13.3 Å². The Balaban J connectivity index is 1.63. The summed E-state index contributed by atoms with van der Waals surface area (Å²) in [6, 6.07) is 6.40. The Morgan fingerprint density at radius 2 is 1.50 bits per heavy atom. The molecule has 0 bridgehead atoms. The van der Waals surface area contributed by atoms with E-state index in [1.54, 1.807) is 20.7 Å². The van der Waals surface area contributed by atoms with Gasteiger partial charge in [0.05, 0.1) is 4.92 Å². The average molecular weight is 382 g/mol. The molecule has 0 radical (unpaired) electrons. The molecule has 2 aliphatic rings. The van der Waals surface area contributed by atoms with Gasteiger partial charge in [-0.3, -0.25) is 10.1 Å². The Morgan fingerprint density at radius 3 is 2.00 bits per heavy atom. The topological polar surface area (TPSA) is 87.0 Å². The molecule has 1 aromatic carbocycles. The molecule has 0 spiro atoms. The molecule has 0 aromatic heterocycles. The lowest BCUT2D eigenvalue weighted by atomic mass is 9.94. The molecule has 0 amide bonds. The van der Waals surface area contributed by atoms with Crippen LogP contribution in [0.2, 0.25) is 0 Å². The Morgan fingerprint density at radius 1 is 0.962 bits per heavy atom. The van der Waals surface area contributed by atoms with Crippen molar-refractivity contribution in [2.75, 3.05) is 44.2 Å². The van der Waals surface area contributed by atoms with E-state index in [4.69, 9.17) is 0 Å². The number of hydrogen-bond donors (Lipinski definition) is 0. The third kappa shape index (κ3) is 3.99. The van der Waals surface area contributed by atoms with Crippen LogP contribution in [-0.4, -0.2) is 61.2 Å². The van der Waals surface area contributed by atoms with Crippen LogP contribution in [0, 0.1) is 22.0 Å².